The molecule has 0 atom stereocenters. The van der Waals surface area contributed by atoms with Crippen LogP contribution in [0.15, 0.2) is 33.2 Å². The lowest BCUT2D eigenvalue weighted by Gasteiger charge is -2.10. The summed E-state index contributed by atoms with van der Waals surface area (Å²) in [6.07, 6.45) is 0.955. The summed E-state index contributed by atoms with van der Waals surface area (Å²) in [6.45, 7) is 1.34. The van der Waals surface area contributed by atoms with Gasteiger partial charge in [0, 0.05) is 43.8 Å². The summed E-state index contributed by atoms with van der Waals surface area (Å²) in [5.41, 5.74) is 0.153. The van der Waals surface area contributed by atoms with Gasteiger partial charge in [-0.1, -0.05) is 6.07 Å². The molecule has 102 valence electrons. The fourth-order valence-electron chi connectivity index (χ4n) is 1.83. The third-order valence-electron chi connectivity index (χ3n) is 3.06. The van der Waals surface area contributed by atoms with E-state index in [2.05, 4.69) is 16.8 Å². The third kappa shape index (κ3) is 3.21. The predicted octanol–water partition coefficient (Wildman–Crippen LogP) is 0.478. The molecule has 2 aromatic rings. The van der Waals surface area contributed by atoms with E-state index in [1.54, 1.807) is 18.4 Å². The van der Waals surface area contributed by atoms with Crippen LogP contribution in [0.1, 0.15) is 10.6 Å². The second-order valence-electron chi connectivity index (χ2n) is 4.38. The molecular formula is C13H17N3O2S. The van der Waals surface area contributed by atoms with Gasteiger partial charge in [0.1, 0.15) is 0 Å². The quantitative estimate of drug-likeness (QED) is 0.810. The van der Waals surface area contributed by atoms with Gasteiger partial charge >= 0.3 is 5.69 Å². The fraction of sp³-hybridized carbons (Fsp3) is 0.385. The summed E-state index contributed by atoms with van der Waals surface area (Å²) >= 11 is 1.73. The molecule has 0 aromatic carbocycles. The molecule has 0 saturated carbocycles. The van der Waals surface area contributed by atoms with Crippen LogP contribution in [0.3, 0.4) is 0 Å². The van der Waals surface area contributed by atoms with E-state index in [-0.39, 0.29) is 11.2 Å². The van der Waals surface area contributed by atoms with Gasteiger partial charge in [0.25, 0.3) is 5.56 Å². The molecule has 5 nitrogen and oxygen atoms in total. The predicted molar refractivity (Wildman–Crippen MR) is 76.7 cm³/mol. The second-order valence-corrected chi connectivity index (χ2v) is 5.41. The molecule has 2 rings (SSSR count). The first-order chi connectivity index (χ1) is 9.09. The van der Waals surface area contributed by atoms with E-state index in [4.69, 9.17) is 0 Å². The molecule has 0 aliphatic rings. The summed E-state index contributed by atoms with van der Waals surface area (Å²) in [7, 11) is 3.16. The summed E-state index contributed by atoms with van der Waals surface area (Å²) in [5.74, 6) is 0. The Hall–Kier alpha value is -1.66. The van der Waals surface area contributed by atoms with E-state index in [0.29, 0.717) is 12.2 Å². The first-order valence-electron chi connectivity index (χ1n) is 6.08. The Bertz CT molecular complexity index is 656. The first kappa shape index (κ1) is 13.8. The molecule has 6 heteroatoms. The monoisotopic (exact) mass is 279 g/mol. The minimum Gasteiger partial charge on any atom is -0.311 e. The van der Waals surface area contributed by atoms with Gasteiger partial charge in [-0.15, -0.1) is 11.3 Å². The highest BCUT2D eigenvalue weighted by Gasteiger charge is 2.05. The van der Waals surface area contributed by atoms with Crippen LogP contribution >= 0.6 is 11.3 Å². The molecule has 1 N–H and O–H groups in total. The molecule has 0 amide bonds. The van der Waals surface area contributed by atoms with Crippen molar-refractivity contribution in [1.29, 1.82) is 0 Å². The molecule has 0 bridgehead atoms. The lowest BCUT2D eigenvalue weighted by atomic mass is 10.3. The van der Waals surface area contributed by atoms with E-state index in [1.165, 1.54) is 22.6 Å². The van der Waals surface area contributed by atoms with Crippen molar-refractivity contribution < 1.29 is 0 Å². The van der Waals surface area contributed by atoms with Crippen molar-refractivity contribution in [3.63, 3.8) is 0 Å². The van der Waals surface area contributed by atoms with Gasteiger partial charge in [-0.05, 0) is 17.9 Å². The van der Waals surface area contributed by atoms with Crippen molar-refractivity contribution in [2.24, 2.45) is 14.1 Å². The summed E-state index contributed by atoms with van der Waals surface area (Å²) in [4.78, 5) is 24.6. The van der Waals surface area contributed by atoms with Crippen molar-refractivity contribution in [2.45, 2.75) is 13.0 Å². The van der Waals surface area contributed by atoms with Gasteiger partial charge < -0.3 is 5.32 Å². The highest BCUT2D eigenvalue weighted by atomic mass is 32.1. The van der Waals surface area contributed by atoms with E-state index in [0.717, 1.165) is 17.5 Å². The molecule has 0 radical (unpaired) electrons. The zero-order valence-corrected chi connectivity index (χ0v) is 11.9. The Morgan fingerprint density at radius 1 is 1.26 bits per heavy atom. The van der Waals surface area contributed by atoms with Crippen molar-refractivity contribution in [1.82, 2.24) is 14.5 Å². The van der Waals surface area contributed by atoms with Crippen LogP contribution in [-0.4, -0.2) is 15.7 Å². The Balaban J connectivity index is 1.97. The number of nitrogens with zero attached hydrogens (tertiary/aromatic N) is 2. The standard InChI is InChI=1S/C13H17N3O2S/c1-15-10(8-12(17)16(2)13(15)18)9-14-6-5-11-4-3-7-19-11/h3-4,7-8,14H,5-6,9H2,1-2H3. The summed E-state index contributed by atoms with van der Waals surface area (Å²) < 4.78 is 2.61. The van der Waals surface area contributed by atoms with Crippen LogP contribution < -0.4 is 16.6 Å². The lowest BCUT2D eigenvalue weighted by Crippen LogP contribution is -2.39. The van der Waals surface area contributed by atoms with Crippen LogP contribution in [0.4, 0.5) is 0 Å². The Morgan fingerprint density at radius 3 is 2.74 bits per heavy atom. The molecule has 0 fully saturated rings. The zero-order chi connectivity index (χ0) is 13.8. The number of thiophene rings is 1. The van der Waals surface area contributed by atoms with Crippen LogP contribution in [0.5, 0.6) is 0 Å². The van der Waals surface area contributed by atoms with Crippen molar-refractivity contribution in [3.05, 3.63) is 55.0 Å². The molecule has 0 unspecified atom stereocenters. The molecule has 0 spiro atoms. The molecular weight excluding hydrogens is 262 g/mol. The van der Waals surface area contributed by atoms with Crippen LogP contribution in [0, 0.1) is 0 Å². The number of aromatic nitrogens is 2. The largest absolute Gasteiger partial charge is 0.330 e. The number of hydrogen-bond acceptors (Lipinski definition) is 4. The zero-order valence-electron chi connectivity index (χ0n) is 11.0. The molecule has 2 heterocycles. The van der Waals surface area contributed by atoms with Crippen molar-refractivity contribution >= 4 is 11.3 Å². The minimum absolute atomic E-state index is 0.266. The Labute approximate surface area is 115 Å². The van der Waals surface area contributed by atoms with Gasteiger partial charge in [-0.3, -0.25) is 13.9 Å². The number of rotatable bonds is 5. The normalized spacial score (nSPS) is 10.8. The lowest BCUT2D eigenvalue weighted by molar-refractivity contribution is 0.602. The van der Waals surface area contributed by atoms with Crippen LogP contribution in [0.2, 0.25) is 0 Å². The number of nitrogens with one attached hydrogen (secondary N) is 1. The van der Waals surface area contributed by atoms with Crippen molar-refractivity contribution in [3.8, 4) is 0 Å². The van der Waals surface area contributed by atoms with E-state index >= 15 is 0 Å². The Kier molecular flexibility index (Phi) is 4.34. The molecule has 19 heavy (non-hydrogen) atoms. The minimum atomic E-state index is -0.289. The number of hydrogen-bond donors (Lipinski definition) is 1. The second kappa shape index (κ2) is 5.99. The average molecular weight is 279 g/mol. The van der Waals surface area contributed by atoms with Crippen LogP contribution in [-0.2, 0) is 27.1 Å². The van der Waals surface area contributed by atoms with E-state index in [9.17, 15) is 9.59 Å². The maximum Gasteiger partial charge on any atom is 0.330 e. The van der Waals surface area contributed by atoms with E-state index in [1.807, 2.05) is 6.07 Å². The topological polar surface area (TPSA) is 56.0 Å². The molecule has 0 aliphatic carbocycles. The molecule has 0 aliphatic heterocycles. The average Bonchev–Trinajstić information content (AvgIpc) is 2.91. The van der Waals surface area contributed by atoms with Crippen molar-refractivity contribution in [2.75, 3.05) is 6.54 Å². The smallest absolute Gasteiger partial charge is 0.311 e. The fourth-order valence-corrected chi connectivity index (χ4v) is 2.54. The van der Waals surface area contributed by atoms with Gasteiger partial charge in [0.15, 0.2) is 0 Å². The molecule has 2 aromatic heterocycles. The SMILES string of the molecule is Cn1c(CNCCc2cccs2)cc(=O)n(C)c1=O. The third-order valence-corrected chi connectivity index (χ3v) is 4.00. The molecule has 0 saturated heterocycles. The maximum absolute atomic E-state index is 11.7. The van der Waals surface area contributed by atoms with Gasteiger partial charge in [-0.2, -0.15) is 0 Å². The maximum atomic E-state index is 11.7. The van der Waals surface area contributed by atoms with Crippen LogP contribution in [0.25, 0.3) is 0 Å². The first-order valence-corrected chi connectivity index (χ1v) is 6.96. The highest BCUT2D eigenvalue weighted by molar-refractivity contribution is 7.09. The van der Waals surface area contributed by atoms with E-state index < -0.39 is 0 Å². The van der Waals surface area contributed by atoms with Gasteiger partial charge in [0.05, 0.1) is 0 Å². The summed E-state index contributed by atoms with van der Waals surface area (Å²) in [5, 5.41) is 5.31. The van der Waals surface area contributed by atoms with Gasteiger partial charge in [-0.25, -0.2) is 4.79 Å². The Morgan fingerprint density at radius 2 is 2.05 bits per heavy atom. The van der Waals surface area contributed by atoms with Gasteiger partial charge in [0.2, 0.25) is 0 Å². The highest BCUT2D eigenvalue weighted by Crippen LogP contribution is 2.08. The summed E-state index contributed by atoms with van der Waals surface area (Å²) in [6, 6.07) is 5.63.